The molecule has 1 fully saturated rings. The standard InChI is InChI=1S/C13H15BrFNO2/c1-2-18-13(17)12(16-9-4-5-9)10-7-8(15)3-6-11(10)14/h3,6-7,9,12,16H,2,4-5H2,1H3. The molecule has 1 aromatic rings. The Balaban J connectivity index is 2.25. The van der Waals surface area contributed by atoms with Crippen LogP contribution in [0.2, 0.25) is 0 Å². The lowest BCUT2D eigenvalue weighted by Crippen LogP contribution is -2.32. The molecular formula is C13H15BrFNO2. The molecule has 1 aliphatic rings. The molecule has 1 atom stereocenters. The van der Waals surface area contributed by atoms with E-state index in [0.29, 0.717) is 22.7 Å². The number of esters is 1. The Morgan fingerprint density at radius 1 is 1.61 bits per heavy atom. The lowest BCUT2D eigenvalue weighted by molar-refractivity contribution is -0.145. The molecule has 1 unspecified atom stereocenters. The van der Waals surface area contributed by atoms with Gasteiger partial charge in [-0.3, -0.25) is 5.32 Å². The normalized spacial score (nSPS) is 16.4. The van der Waals surface area contributed by atoms with Crippen molar-refractivity contribution in [2.75, 3.05) is 6.61 Å². The van der Waals surface area contributed by atoms with Crippen molar-refractivity contribution in [1.82, 2.24) is 5.32 Å². The molecule has 0 aromatic heterocycles. The number of ether oxygens (including phenoxy) is 1. The predicted molar refractivity (Wildman–Crippen MR) is 69.6 cm³/mol. The molecule has 0 bridgehead atoms. The van der Waals surface area contributed by atoms with Crippen molar-refractivity contribution >= 4 is 21.9 Å². The van der Waals surface area contributed by atoms with Gasteiger partial charge in [-0.15, -0.1) is 0 Å². The van der Waals surface area contributed by atoms with E-state index in [0.717, 1.165) is 12.8 Å². The maximum absolute atomic E-state index is 13.3. The van der Waals surface area contributed by atoms with Gasteiger partial charge in [0.15, 0.2) is 0 Å². The lowest BCUT2D eigenvalue weighted by atomic mass is 10.1. The number of halogens is 2. The average molecular weight is 316 g/mol. The minimum Gasteiger partial charge on any atom is -0.465 e. The van der Waals surface area contributed by atoms with Gasteiger partial charge in [0.1, 0.15) is 11.9 Å². The number of carbonyl (C=O) groups is 1. The Morgan fingerprint density at radius 3 is 2.94 bits per heavy atom. The molecule has 1 aliphatic carbocycles. The zero-order valence-electron chi connectivity index (χ0n) is 10.1. The van der Waals surface area contributed by atoms with E-state index in [2.05, 4.69) is 21.2 Å². The molecule has 1 aromatic carbocycles. The second-order valence-electron chi connectivity index (χ2n) is 4.29. The molecular weight excluding hydrogens is 301 g/mol. The van der Waals surface area contributed by atoms with E-state index in [-0.39, 0.29) is 11.8 Å². The number of benzene rings is 1. The second-order valence-corrected chi connectivity index (χ2v) is 5.15. The van der Waals surface area contributed by atoms with Crippen LogP contribution in [0.25, 0.3) is 0 Å². The molecule has 2 rings (SSSR count). The second kappa shape index (κ2) is 5.80. The van der Waals surface area contributed by atoms with Crippen molar-refractivity contribution in [3.63, 3.8) is 0 Å². The third kappa shape index (κ3) is 3.29. The number of hydrogen-bond acceptors (Lipinski definition) is 3. The predicted octanol–water partition coefficient (Wildman–Crippen LogP) is 2.94. The van der Waals surface area contributed by atoms with Gasteiger partial charge in [-0.05, 0) is 43.5 Å². The van der Waals surface area contributed by atoms with E-state index in [4.69, 9.17) is 4.74 Å². The van der Waals surface area contributed by atoms with Crippen molar-refractivity contribution in [1.29, 1.82) is 0 Å². The van der Waals surface area contributed by atoms with Crippen LogP contribution in [0.15, 0.2) is 22.7 Å². The quantitative estimate of drug-likeness (QED) is 0.849. The fraction of sp³-hybridized carbons (Fsp3) is 0.462. The van der Waals surface area contributed by atoms with Crippen LogP contribution in [0.3, 0.4) is 0 Å². The van der Waals surface area contributed by atoms with Crippen LogP contribution < -0.4 is 5.32 Å². The summed E-state index contributed by atoms with van der Waals surface area (Å²) in [5.74, 6) is -0.726. The van der Waals surface area contributed by atoms with Gasteiger partial charge < -0.3 is 4.74 Å². The summed E-state index contributed by atoms with van der Waals surface area (Å²) in [7, 11) is 0. The minimum absolute atomic E-state index is 0.314. The van der Waals surface area contributed by atoms with Gasteiger partial charge >= 0.3 is 5.97 Å². The molecule has 5 heteroatoms. The van der Waals surface area contributed by atoms with Gasteiger partial charge in [0.25, 0.3) is 0 Å². The van der Waals surface area contributed by atoms with Gasteiger partial charge in [-0.25, -0.2) is 9.18 Å². The smallest absolute Gasteiger partial charge is 0.327 e. The highest BCUT2D eigenvalue weighted by atomic mass is 79.9. The third-order valence-corrected chi connectivity index (χ3v) is 3.49. The van der Waals surface area contributed by atoms with E-state index in [1.807, 2.05) is 0 Å². The Labute approximate surface area is 114 Å². The number of carbonyl (C=O) groups excluding carboxylic acids is 1. The molecule has 0 amide bonds. The molecule has 3 nitrogen and oxygen atoms in total. The van der Waals surface area contributed by atoms with Crippen LogP contribution in [0, 0.1) is 5.82 Å². The Bertz CT molecular complexity index is 449. The van der Waals surface area contributed by atoms with Crippen molar-refractivity contribution < 1.29 is 13.9 Å². The summed E-state index contributed by atoms with van der Waals surface area (Å²) in [6.45, 7) is 2.07. The molecule has 0 aliphatic heterocycles. The van der Waals surface area contributed by atoms with E-state index in [1.54, 1.807) is 13.0 Å². The van der Waals surface area contributed by atoms with E-state index in [9.17, 15) is 9.18 Å². The molecule has 98 valence electrons. The number of rotatable bonds is 5. The Morgan fingerprint density at radius 2 is 2.33 bits per heavy atom. The summed E-state index contributed by atoms with van der Waals surface area (Å²) in [6.07, 6.45) is 2.09. The maximum Gasteiger partial charge on any atom is 0.327 e. The minimum atomic E-state index is -0.609. The van der Waals surface area contributed by atoms with Crippen molar-refractivity contribution in [2.24, 2.45) is 0 Å². The maximum atomic E-state index is 13.3. The van der Waals surface area contributed by atoms with Crippen molar-refractivity contribution in [3.05, 3.63) is 34.1 Å². The summed E-state index contributed by atoms with van der Waals surface area (Å²) in [6, 6.07) is 4.04. The van der Waals surface area contributed by atoms with Gasteiger partial charge in [-0.2, -0.15) is 0 Å². The molecule has 0 heterocycles. The molecule has 1 N–H and O–H groups in total. The number of hydrogen-bond donors (Lipinski definition) is 1. The summed E-state index contributed by atoms with van der Waals surface area (Å²) in [4.78, 5) is 11.9. The highest BCUT2D eigenvalue weighted by Gasteiger charge is 2.31. The first-order valence-electron chi connectivity index (χ1n) is 5.99. The third-order valence-electron chi connectivity index (χ3n) is 2.77. The average Bonchev–Trinajstić information content (AvgIpc) is 3.14. The van der Waals surface area contributed by atoms with Crippen LogP contribution in [0.5, 0.6) is 0 Å². The first-order chi connectivity index (χ1) is 8.61. The van der Waals surface area contributed by atoms with Crippen molar-refractivity contribution in [3.8, 4) is 0 Å². The van der Waals surface area contributed by atoms with Crippen LogP contribution in [0.1, 0.15) is 31.4 Å². The fourth-order valence-electron chi connectivity index (χ4n) is 1.73. The summed E-state index contributed by atoms with van der Waals surface area (Å²) >= 11 is 3.35. The molecule has 0 saturated heterocycles. The SMILES string of the molecule is CCOC(=O)C(NC1CC1)c1cc(F)ccc1Br. The highest BCUT2D eigenvalue weighted by molar-refractivity contribution is 9.10. The molecule has 18 heavy (non-hydrogen) atoms. The van der Waals surface area contributed by atoms with E-state index < -0.39 is 6.04 Å². The Hall–Kier alpha value is -0.940. The van der Waals surface area contributed by atoms with Crippen LogP contribution in [0.4, 0.5) is 4.39 Å². The van der Waals surface area contributed by atoms with E-state index in [1.165, 1.54) is 12.1 Å². The zero-order valence-corrected chi connectivity index (χ0v) is 11.7. The lowest BCUT2D eigenvalue weighted by Gasteiger charge is -2.18. The highest BCUT2D eigenvalue weighted by Crippen LogP contribution is 2.29. The number of nitrogens with one attached hydrogen (secondary N) is 1. The summed E-state index contributed by atoms with van der Waals surface area (Å²) in [5.41, 5.74) is 0.584. The van der Waals surface area contributed by atoms with Gasteiger partial charge in [0.05, 0.1) is 6.61 Å². The Kier molecular flexibility index (Phi) is 4.35. The molecule has 0 radical (unpaired) electrons. The zero-order chi connectivity index (χ0) is 13.1. The first-order valence-corrected chi connectivity index (χ1v) is 6.78. The van der Waals surface area contributed by atoms with Gasteiger partial charge in [-0.1, -0.05) is 15.9 Å². The fourth-order valence-corrected chi connectivity index (χ4v) is 2.21. The van der Waals surface area contributed by atoms with Crippen molar-refractivity contribution in [2.45, 2.75) is 31.8 Å². The van der Waals surface area contributed by atoms with E-state index >= 15 is 0 Å². The summed E-state index contributed by atoms with van der Waals surface area (Å²) in [5, 5.41) is 3.19. The topological polar surface area (TPSA) is 38.3 Å². The van der Waals surface area contributed by atoms with Crippen LogP contribution in [-0.4, -0.2) is 18.6 Å². The van der Waals surface area contributed by atoms with Gasteiger partial charge in [0.2, 0.25) is 0 Å². The van der Waals surface area contributed by atoms with Crippen LogP contribution in [-0.2, 0) is 9.53 Å². The van der Waals surface area contributed by atoms with Crippen LogP contribution >= 0.6 is 15.9 Å². The molecule has 1 saturated carbocycles. The molecule has 0 spiro atoms. The first kappa shape index (κ1) is 13.5. The monoisotopic (exact) mass is 315 g/mol. The van der Waals surface area contributed by atoms with Gasteiger partial charge in [0, 0.05) is 10.5 Å². The summed E-state index contributed by atoms with van der Waals surface area (Å²) < 4.78 is 19.1. The largest absolute Gasteiger partial charge is 0.465 e.